The summed E-state index contributed by atoms with van der Waals surface area (Å²) in [6, 6.07) is 0. The normalized spacial score (nSPS) is 29.1. The SMILES string of the molecule is CCC(=O)C1CC(C)(C)CC(C)(CN)C1.CCC=O. The van der Waals surface area contributed by atoms with E-state index in [1.807, 2.05) is 13.8 Å². The van der Waals surface area contributed by atoms with Crippen molar-refractivity contribution < 1.29 is 9.59 Å². The van der Waals surface area contributed by atoms with Gasteiger partial charge >= 0.3 is 0 Å². The van der Waals surface area contributed by atoms with E-state index in [4.69, 9.17) is 5.73 Å². The van der Waals surface area contributed by atoms with E-state index in [0.29, 0.717) is 25.2 Å². The number of hydrogen-bond acceptors (Lipinski definition) is 3. The maximum absolute atomic E-state index is 11.8. The van der Waals surface area contributed by atoms with Crippen molar-refractivity contribution in [3.8, 4) is 0 Å². The Bertz CT molecular complexity index is 299. The second-order valence-corrected chi connectivity index (χ2v) is 6.86. The molecule has 2 unspecified atom stereocenters. The monoisotopic (exact) mass is 269 g/mol. The fourth-order valence-electron chi connectivity index (χ4n) is 3.31. The van der Waals surface area contributed by atoms with Crippen LogP contribution in [-0.4, -0.2) is 18.6 Å². The Morgan fingerprint density at radius 3 is 2.16 bits per heavy atom. The predicted octanol–water partition coefficient (Wildman–Crippen LogP) is 3.35. The van der Waals surface area contributed by atoms with E-state index in [1.54, 1.807) is 0 Å². The van der Waals surface area contributed by atoms with Gasteiger partial charge in [0.05, 0.1) is 0 Å². The molecule has 2 atom stereocenters. The molecular weight excluding hydrogens is 238 g/mol. The summed E-state index contributed by atoms with van der Waals surface area (Å²) >= 11 is 0. The molecule has 19 heavy (non-hydrogen) atoms. The van der Waals surface area contributed by atoms with E-state index in [0.717, 1.165) is 25.5 Å². The number of rotatable bonds is 4. The first-order chi connectivity index (χ1) is 8.73. The van der Waals surface area contributed by atoms with Crippen LogP contribution in [0.15, 0.2) is 0 Å². The van der Waals surface area contributed by atoms with Gasteiger partial charge < -0.3 is 10.5 Å². The molecule has 2 N–H and O–H groups in total. The summed E-state index contributed by atoms with van der Waals surface area (Å²) in [6.45, 7) is 11.2. The molecular formula is C16H31NO2. The Balaban J connectivity index is 0.000000711. The van der Waals surface area contributed by atoms with E-state index < -0.39 is 0 Å². The number of hydrogen-bond donors (Lipinski definition) is 1. The summed E-state index contributed by atoms with van der Waals surface area (Å²) in [4.78, 5) is 21.0. The second-order valence-electron chi connectivity index (χ2n) is 6.86. The highest BCUT2D eigenvalue weighted by atomic mass is 16.1. The van der Waals surface area contributed by atoms with E-state index in [1.165, 1.54) is 0 Å². The van der Waals surface area contributed by atoms with Gasteiger partial charge in [-0.2, -0.15) is 0 Å². The van der Waals surface area contributed by atoms with Crippen molar-refractivity contribution in [2.75, 3.05) is 6.54 Å². The molecule has 1 rings (SSSR count). The van der Waals surface area contributed by atoms with Gasteiger partial charge in [-0.05, 0) is 36.6 Å². The van der Waals surface area contributed by atoms with Crippen LogP contribution in [0.4, 0.5) is 0 Å². The van der Waals surface area contributed by atoms with Crippen molar-refractivity contribution in [1.29, 1.82) is 0 Å². The first-order valence-electron chi connectivity index (χ1n) is 7.40. The largest absolute Gasteiger partial charge is 0.330 e. The van der Waals surface area contributed by atoms with Crippen LogP contribution in [0.3, 0.4) is 0 Å². The number of carbonyl (C=O) groups excluding carboxylic acids is 2. The molecule has 0 heterocycles. The van der Waals surface area contributed by atoms with E-state index in [9.17, 15) is 9.59 Å². The molecule has 1 saturated carbocycles. The summed E-state index contributed by atoms with van der Waals surface area (Å²) in [6.07, 6.45) is 5.35. The minimum atomic E-state index is 0.164. The number of ketones is 1. The van der Waals surface area contributed by atoms with Gasteiger partial charge in [-0.3, -0.25) is 4.79 Å². The van der Waals surface area contributed by atoms with Crippen molar-refractivity contribution in [2.45, 2.75) is 66.7 Å². The van der Waals surface area contributed by atoms with Crippen molar-refractivity contribution in [2.24, 2.45) is 22.5 Å². The molecule has 1 aliphatic carbocycles. The third kappa shape index (κ3) is 6.33. The van der Waals surface area contributed by atoms with Gasteiger partial charge in [0.1, 0.15) is 12.1 Å². The zero-order valence-electron chi connectivity index (χ0n) is 13.3. The number of aldehydes is 1. The highest BCUT2D eigenvalue weighted by Crippen LogP contribution is 2.48. The van der Waals surface area contributed by atoms with Crippen molar-refractivity contribution in [1.82, 2.24) is 0 Å². The fourth-order valence-corrected chi connectivity index (χ4v) is 3.31. The summed E-state index contributed by atoms with van der Waals surface area (Å²) in [5.41, 5.74) is 6.28. The van der Waals surface area contributed by atoms with Gasteiger partial charge in [-0.15, -0.1) is 0 Å². The van der Waals surface area contributed by atoms with E-state index in [-0.39, 0.29) is 16.7 Å². The summed E-state index contributed by atoms with van der Waals surface area (Å²) in [5, 5.41) is 0. The topological polar surface area (TPSA) is 60.2 Å². The predicted molar refractivity (Wildman–Crippen MR) is 79.9 cm³/mol. The molecule has 1 fully saturated rings. The molecule has 0 radical (unpaired) electrons. The average Bonchev–Trinajstić information content (AvgIpc) is 2.35. The minimum Gasteiger partial charge on any atom is -0.330 e. The van der Waals surface area contributed by atoms with Crippen LogP contribution in [0.25, 0.3) is 0 Å². The lowest BCUT2D eigenvalue weighted by atomic mass is 9.60. The molecule has 3 nitrogen and oxygen atoms in total. The van der Waals surface area contributed by atoms with Crippen molar-refractivity contribution >= 4 is 12.1 Å². The Labute approximate surface area is 118 Å². The zero-order chi connectivity index (χ0) is 15.1. The molecule has 0 spiro atoms. The molecule has 1 aliphatic rings. The summed E-state index contributed by atoms with van der Waals surface area (Å²) < 4.78 is 0. The second kappa shape index (κ2) is 7.78. The molecule has 0 amide bonds. The fraction of sp³-hybridized carbons (Fsp3) is 0.875. The Morgan fingerprint density at radius 1 is 1.26 bits per heavy atom. The minimum absolute atomic E-state index is 0.164. The smallest absolute Gasteiger partial charge is 0.135 e. The van der Waals surface area contributed by atoms with Crippen molar-refractivity contribution in [3.63, 3.8) is 0 Å². The lowest BCUT2D eigenvalue weighted by molar-refractivity contribution is -0.127. The number of Topliss-reactive ketones (excluding diaryl/α,β-unsaturated/α-hetero) is 1. The lowest BCUT2D eigenvalue weighted by Crippen LogP contribution is -2.42. The average molecular weight is 269 g/mol. The van der Waals surface area contributed by atoms with Crippen LogP contribution in [0.2, 0.25) is 0 Å². The van der Waals surface area contributed by atoms with Gasteiger partial charge in [0.2, 0.25) is 0 Å². The van der Waals surface area contributed by atoms with Crippen LogP contribution < -0.4 is 5.73 Å². The lowest BCUT2D eigenvalue weighted by Gasteiger charge is -2.45. The Morgan fingerprint density at radius 2 is 1.79 bits per heavy atom. The van der Waals surface area contributed by atoms with Gasteiger partial charge in [0.15, 0.2) is 0 Å². The summed E-state index contributed by atoms with van der Waals surface area (Å²) in [5.74, 6) is 0.662. The van der Waals surface area contributed by atoms with Gasteiger partial charge in [0.25, 0.3) is 0 Å². The Kier molecular flexibility index (Phi) is 7.50. The molecule has 112 valence electrons. The molecule has 0 aromatic rings. The molecule has 0 aromatic carbocycles. The molecule has 0 aromatic heterocycles. The van der Waals surface area contributed by atoms with Crippen LogP contribution in [0, 0.1) is 16.7 Å². The van der Waals surface area contributed by atoms with Gasteiger partial charge in [-0.1, -0.05) is 34.6 Å². The van der Waals surface area contributed by atoms with Crippen molar-refractivity contribution in [3.05, 3.63) is 0 Å². The third-order valence-electron chi connectivity index (χ3n) is 3.91. The molecule has 3 heteroatoms. The maximum Gasteiger partial charge on any atom is 0.135 e. The number of carbonyl (C=O) groups is 2. The zero-order valence-corrected chi connectivity index (χ0v) is 13.3. The van der Waals surface area contributed by atoms with E-state index >= 15 is 0 Å². The highest BCUT2D eigenvalue weighted by Gasteiger charge is 2.42. The maximum atomic E-state index is 11.8. The molecule has 0 bridgehead atoms. The molecule has 0 saturated heterocycles. The Hall–Kier alpha value is -0.700. The molecule has 0 aliphatic heterocycles. The van der Waals surface area contributed by atoms with Crippen LogP contribution in [0.5, 0.6) is 0 Å². The van der Waals surface area contributed by atoms with Crippen LogP contribution in [-0.2, 0) is 9.59 Å². The van der Waals surface area contributed by atoms with Gasteiger partial charge in [0, 0.05) is 18.8 Å². The van der Waals surface area contributed by atoms with Crippen LogP contribution in [0.1, 0.15) is 66.7 Å². The first-order valence-corrected chi connectivity index (χ1v) is 7.40. The third-order valence-corrected chi connectivity index (χ3v) is 3.91. The highest BCUT2D eigenvalue weighted by molar-refractivity contribution is 5.80. The number of nitrogens with two attached hydrogens (primary N) is 1. The quantitative estimate of drug-likeness (QED) is 0.796. The standard InChI is InChI=1S/C13H25NO.C3H6O/c1-5-11(15)10-6-12(2,3)8-13(4,7-10)9-14;1-2-3-4/h10H,5-9,14H2,1-4H3;3H,2H2,1H3. The first kappa shape index (κ1) is 18.3. The van der Waals surface area contributed by atoms with Gasteiger partial charge in [-0.25, -0.2) is 0 Å². The van der Waals surface area contributed by atoms with E-state index in [2.05, 4.69) is 20.8 Å². The van der Waals surface area contributed by atoms with Crippen LogP contribution >= 0.6 is 0 Å². The summed E-state index contributed by atoms with van der Waals surface area (Å²) in [7, 11) is 0.